The molecule has 0 aliphatic carbocycles. The van der Waals surface area contributed by atoms with Crippen molar-refractivity contribution in [2.24, 2.45) is 0 Å². The van der Waals surface area contributed by atoms with Gasteiger partial charge in [0.05, 0.1) is 0 Å². The van der Waals surface area contributed by atoms with E-state index in [0.717, 1.165) is 0 Å². The van der Waals surface area contributed by atoms with Crippen molar-refractivity contribution < 1.29 is 62.7 Å². The van der Waals surface area contributed by atoms with Crippen LogP contribution in [0.15, 0.2) is 0 Å². The Morgan fingerprint density at radius 3 is 1.00 bits per heavy atom. The maximum atomic E-state index is 7.94. The molecule has 0 saturated heterocycles. The zero-order valence-electron chi connectivity index (χ0n) is 3.15. The molecule has 2 nitrogen and oxygen atoms in total. The summed E-state index contributed by atoms with van der Waals surface area (Å²) in [6.07, 6.45) is 0. The van der Waals surface area contributed by atoms with E-state index >= 15 is 0 Å². The number of rotatable bonds is 0. The van der Waals surface area contributed by atoms with Crippen molar-refractivity contribution in [2.75, 3.05) is 0 Å². The van der Waals surface area contributed by atoms with Gasteiger partial charge in [0.15, 0.2) is 0 Å². The summed E-state index contributed by atoms with van der Waals surface area (Å²) in [4.78, 5) is 0. The first-order chi connectivity index (χ1) is 1.00. The summed E-state index contributed by atoms with van der Waals surface area (Å²) in [5, 5.41) is 0. The summed E-state index contributed by atoms with van der Waals surface area (Å²) in [6.45, 7) is 0. The third kappa shape index (κ3) is 30.6. The van der Waals surface area contributed by atoms with Gasteiger partial charge >= 0.3 is 57.3 Å². The molecule has 0 aromatic carbocycles. The van der Waals surface area contributed by atoms with E-state index in [0.29, 0.717) is 0 Å². The predicted molar refractivity (Wildman–Crippen MR) is 1.37 cm³/mol. The van der Waals surface area contributed by atoms with Crippen LogP contribution in [0.25, 0.3) is 0 Å². The van der Waals surface area contributed by atoms with Crippen molar-refractivity contribution in [3.8, 4) is 0 Å². The summed E-state index contributed by atoms with van der Waals surface area (Å²) < 4.78 is 7.94. The summed E-state index contributed by atoms with van der Waals surface area (Å²) in [5.74, 6) is 0. The fraction of sp³-hybridized carbons (Fsp3) is 0. The molecule has 5 heteroatoms. The van der Waals surface area contributed by atoms with Crippen LogP contribution in [0.5, 0.6) is 0 Å². The Hall–Kier alpha value is 1.46. The van der Waals surface area contributed by atoms with Crippen LogP contribution in [0.2, 0.25) is 0 Å². The van der Waals surface area contributed by atoms with E-state index in [4.69, 9.17) is 3.87 Å². The second-order valence-corrected chi connectivity index (χ2v) is 0. The van der Waals surface area contributed by atoms with Gasteiger partial charge in [0, 0.05) is 0 Å². The molecule has 23 valence electrons. The molecule has 0 aromatic rings. The molecule has 0 fully saturated rings. The Bertz CT molecular complexity index is 7.61. The van der Waals surface area contributed by atoms with Crippen LogP contribution in [0.1, 0.15) is 0 Å². The molecular formula is CoLi2O2. The van der Waals surface area contributed by atoms with Gasteiger partial charge in [0.2, 0.25) is 0 Å². The van der Waals surface area contributed by atoms with Crippen molar-refractivity contribution >= 4 is 0 Å². The van der Waals surface area contributed by atoms with Gasteiger partial charge in [-0.3, -0.25) is 0 Å². The molecule has 0 N–H and O–H groups in total. The van der Waals surface area contributed by atoms with Crippen molar-refractivity contribution in [2.45, 2.75) is 0 Å². The van der Waals surface area contributed by atoms with Crippen molar-refractivity contribution in [1.29, 1.82) is 0 Å². The van der Waals surface area contributed by atoms with Crippen LogP contribution in [0.4, 0.5) is 0 Å². The Morgan fingerprint density at radius 2 is 1.00 bits per heavy atom. The zero-order valence-corrected chi connectivity index (χ0v) is 4.19. The van der Waals surface area contributed by atoms with Gasteiger partial charge < -0.3 is 5.48 Å². The molecule has 0 unspecified atom stereocenters. The maximum absolute atomic E-state index is 7.94. The average Bonchev–Trinajstić information content (AvgIpc) is 1.00. The standard InChI is InChI=1S/Co.2Li.2O/q;2*+1;;-2. The zero-order chi connectivity index (χ0) is 2.00. The van der Waals surface area contributed by atoms with Gasteiger partial charge in [0.1, 0.15) is 0 Å². The van der Waals surface area contributed by atoms with Gasteiger partial charge in [-0.25, -0.2) is 0 Å². The molecule has 0 spiro atoms. The monoisotopic (exact) mass is 105 g/mol. The van der Waals surface area contributed by atoms with E-state index < -0.39 is 0 Å². The van der Waals surface area contributed by atoms with Gasteiger partial charge in [-0.1, -0.05) is 0 Å². The van der Waals surface area contributed by atoms with Crippen LogP contribution in [0.3, 0.4) is 0 Å². The van der Waals surface area contributed by atoms with E-state index in [1.165, 1.54) is 0 Å². The number of hydrogen-bond acceptors (Lipinski definition) is 1. The normalized spacial score (nSPS) is 1.00. The molecule has 0 amide bonds. The third-order valence-corrected chi connectivity index (χ3v) is 0. The van der Waals surface area contributed by atoms with E-state index in [1.54, 1.807) is 0 Å². The van der Waals surface area contributed by atoms with Gasteiger partial charge in [-0.2, -0.15) is 0 Å². The minimum atomic E-state index is 0. The quantitative estimate of drug-likeness (QED) is 0.282. The third-order valence-electron chi connectivity index (χ3n) is 0. The van der Waals surface area contributed by atoms with Crippen molar-refractivity contribution in [1.82, 2.24) is 0 Å². The Balaban J connectivity index is -0.00000000167. The molecule has 0 heterocycles. The first-order valence-corrected chi connectivity index (χ1v) is 0.561. The molecule has 5 heavy (non-hydrogen) atoms. The Morgan fingerprint density at radius 1 is 1.00 bits per heavy atom. The second kappa shape index (κ2) is 50.9. The predicted octanol–water partition coefficient (Wildman–Crippen LogP) is -6.23. The summed E-state index contributed by atoms with van der Waals surface area (Å²) in [5.41, 5.74) is 0. The summed E-state index contributed by atoms with van der Waals surface area (Å²) in [7, 11) is 0. The van der Waals surface area contributed by atoms with E-state index in [1.807, 2.05) is 0 Å². The first-order valence-electron chi connectivity index (χ1n) is 0.136. The van der Waals surface area contributed by atoms with E-state index in [9.17, 15) is 0 Å². The van der Waals surface area contributed by atoms with Crippen LogP contribution < -0.4 is 37.7 Å². The van der Waals surface area contributed by atoms with Gasteiger partial charge in [-0.15, -0.1) is 0 Å². The Kier molecular flexibility index (Phi) is 324. The topological polar surface area (TPSA) is 45.6 Å². The van der Waals surface area contributed by atoms with Crippen LogP contribution >= 0.6 is 0 Å². The molecule has 0 aliphatic rings. The molecule has 0 bridgehead atoms. The molecule has 0 aliphatic heterocycles. The second-order valence-electron chi connectivity index (χ2n) is 0. The van der Waals surface area contributed by atoms with Gasteiger partial charge in [-0.05, 0) is 0 Å². The van der Waals surface area contributed by atoms with Crippen molar-refractivity contribution in [3.63, 3.8) is 0 Å². The molecular weight excluding hydrogens is 105 g/mol. The minimum absolute atomic E-state index is 0. The SMILES string of the molecule is [Li+].[Li+].[O-2].[O]=[Co]. The van der Waals surface area contributed by atoms with Gasteiger partial charge in [0.25, 0.3) is 0 Å². The van der Waals surface area contributed by atoms with Crippen LogP contribution in [-0.2, 0) is 25.0 Å². The molecule has 0 aromatic heterocycles. The first kappa shape index (κ1) is 31.8. The van der Waals surface area contributed by atoms with Crippen molar-refractivity contribution in [3.05, 3.63) is 0 Å². The molecule has 0 atom stereocenters. The molecule has 0 radical (unpaired) electrons. The van der Waals surface area contributed by atoms with E-state index in [2.05, 4.69) is 15.7 Å². The number of hydrogen-bond donors (Lipinski definition) is 0. The molecule has 0 rings (SSSR count). The Labute approximate surface area is 62.5 Å². The van der Waals surface area contributed by atoms with E-state index in [-0.39, 0.29) is 43.2 Å². The fourth-order valence-corrected chi connectivity index (χ4v) is 0. The fourth-order valence-electron chi connectivity index (χ4n) is 0. The van der Waals surface area contributed by atoms with Crippen LogP contribution in [0, 0.1) is 0 Å². The molecule has 0 saturated carbocycles. The summed E-state index contributed by atoms with van der Waals surface area (Å²) in [6, 6.07) is 0. The summed E-state index contributed by atoms with van der Waals surface area (Å²) >= 11 is 2.31. The van der Waals surface area contributed by atoms with Crippen LogP contribution in [-0.4, -0.2) is 0 Å². The average molecular weight is 105 g/mol.